The van der Waals surface area contributed by atoms with Crippen LogP contribution in [0.1, 0.15) is 5.56 Å². The zero-order chi connectivity index (χ0) is 19.2. The zero-order valence-corrected chi connectivity index (χ0v) is 15.4. The number of carbonyl (C=O) groups excluding carboxylic acids is 1. The molecule has 1 aromatic heterocycles. The Hall–Kier alpha value is -3.10. The number of ether oxygens (including phenoxy) is 1. The highest BCUT2D eigenvalue weighted by molar-refractivity contribution is 7.16. The number of methoxy groups -OCH3 is 1. The second-order valence-electron chi connectivity index (χ2n) is 5.63. The first-order chi connectivity index (χ1) is 13.1. The van der Waals surface area contributed by atoms with Crippen molar-refractivity contribution in [1.29, 1.82) is 0 Å². The third-order valence-corrected chi connectivity index (χ3v) is 4.88. The molecule has 0 fully saturated rings. The van der Waals surface area contributed by atoms with Crippen LogP contribution in [0.15, 0.2) is 59.6 Å². The summed E-state index contributed by atoms with van der Waals surface area (Å²) < 4.78 is 7.70. The smallest absolute Gasteiger partial charge is 0.272 e. The first kappa shape index (κ1) is 18.7. The van der Waals surface area contributed by atoms with Gasteiger partial charge in [-0.1, -0.05) is 41.7 Å². The van der Waals surface area contributed by atoms with E-state index in [2.05, 4.69) is 4.99 Å². The third kappa shape index (κ3) is 4.55. The number of fused-ring (bicyclic) bond motifs is 1. The van der Waals surface area contributed by atoms with Crippen molar-refractivity contribution in [2.75, 3.05) is 13.7 Å². The molecule has 3 aromatic rings. The summed E-state index contributed by atoms with van der Waals surface area (Å²) in [6, 6.07) is 14.1. The van der Waals surface area contributed by atoms with Crippen LogP contribution < -0.4 is 4.80 Å². The van der Waals surface area contributed by atoms with Crippen molar-refractivity contribution in [3.8, 4) is 0 Å². The predicted molar refractivity (Wildman–Crippen MR) is 104 cm³/mol. The molecule has 0 saturated heterocycles. The zero-order valence-electron chi connectivity index (χ0n) is 14.6. The molecule has 138 valence electrons. The van der Waals surface area contributed by atoms with Crippen molar-refractivity contribution >= 4 is 39.2 Å². The molecule has 1 amide bonds. The summed E-state index contributed by atoms with van der Waals surface area (Å²) in [4.78, 5) is 27.5. The van der Waals surface area contributed by atoms with E-state index in [1.165, 1.54) is 29.5 Å². The Bertz CT molecular complexity index is 1070. The molecule has 8 heteroatoms. The van der Waals surface area contributed by atoms with E-state index < -0.39 is 10.8 Å². The standard InChI is InChI=1S/C19H17N3O4S/c1-26-12-11-21-16-13-15(22(24)25)8-9-17(16)27-19(21)20-18(23)10-7-14-5-3-2-4-6-14/h2-10,13H,11-12H2,1H3/b10-7+,20-19?. The molecule has 1 heterocycles. The van der Waals surface area contributed by atoms with Gasteiger partial charge in [-0.05, 0) is 17.7 Å². The van der Waals surface area contributed by atoms with Crippen LogP contribution in [-0.4, -0.2) is 29.1 Å². The van der Waals surface area contributed by atoms with Gasteiger partial charge in [0.2, 0.25) is 0 Å². The van der Waals surface area contributed by atoms with E-state index >= 15 is 0 Å². The van der Waals surface area contributed by atoms with Crippen molar-refractivity contribution in [3.05, 3.63) is 75.1 Å². The fourth-order valence-corrected chi connectivity index (χ4v) is 3.56. The van der Waals surface area contributed by atoms with Gasteiger partial charge in [0.15, 0.2) is 4.80 Å². The third-order valence-electron chi connectivity index (χ3n) is 3.82. The molecule has 7 nitrogen and oxygen atoms in total. The molecule has 0 unspecified atom stereocenters. The first-order valence-corrected chi connectivity index (χ1v) is 8.98. The minimum Gasteiger partial charge on any atom is -0.383 e. The van der Waals surface area contributed by atoms with Crippen LogP contribution in [0.5, 0.6) is 0 Å². The second kappa shape index (κ2) is 8.52. The minimum atomic E-state index is -0.442. The number of hydrogen-bond donors (Lipinski definition) is 0. The lowest BCUT2D eigenvalue weighted by molar-refractivity contribution is -0.384. The lowest BCUT2D eigenvalue weighted by Crippen LogP contribution is -2.19. The molecule has 0 saturated carbocycles. The molecule has 27 heavy (non-hydrogen) atoms. The number of aromatic nitrogens is 1. The number of hydrogen-bond acceptors (Lipinski definition) is 5. The molecule has 3 rings (SSSR count). The number of nitro groups is 1. The van der Waals surface area contributed by atoms with E-state index in [0.717, 1.165) is 10.3 Å². The topological polar surface area (TPSA) is 86.7 Å². The van der Waals surface area contributed by atoms with Gasteiger partial charge >= 0.3 is 0 Å². The molecule has 2 aromatic carbocycles. The van der Waals surface area contributed by atoms with E-state index in [9.17, 15) is 14.9 Å². The summed E-state index contributed by atoms with van der Waals surface area (Å²) in [5.74, 6) is -0.397. The molecule has 0 radical (unpaired) electrons. The summed E-state index contributed by atoms with van der Waals surface area (Å²) in [6.45, 7) is 0.835. The molecule has 0 bridgehead atoms. The maximum Gasteiger partial charge on any atom is 0.272 e. The number of benzene rings is 2. The molecule has 0 atom stereocenters. The van der Waals surface area contributed by atoms with Gasteiger partial charge in [0.05, 0.1) is 21.7 Å². The minimum absolute atomic E-state index is 0.00619. The van der Waals surface area contributed by atoms with Crippen molar-refractivity contribution < 1.29 is 14.5 Å². The van der Waals surface area contributed by atoms with Crippen molar-refractivity contribution in [1.82, 2.24) is 4.57 Å². The largest absolute Gasteiger partial charge is 0.383 e. The summed E-state index contributed by atoms with van der Waals surface area (Å²) in [5, 5.41) is 11.1. The van der Waals surface area contributed by atoms with Gasteiger partial charge in [0, 0.05) is 31.9 Å². The SMILES string of the molecule is COCCn1c(=NC(=O)/C=C/c2ccccc2)sc2ccc([N+](=O)[O-])cc21. The predicted octanol–water partition coefficient (Wildman–Crippen LogP) is 3.40. The van der Waals surface area contributed by atoms with Gasteiger partial charge in [0.25, 0.3) is 11.6 Å². The highest BCUT2D eigenvalue weighted by atomic mass is 32.1. The van der Waals surface area contributed by atoms with Gasteiger partial charge < -0.3 is 9.30 Å². The summed E-state index contributed by atoms with van der Waals surface area (Å²) in [6.07, 6.45) is 3.10. The summed E-state index contributed by atoms with van der Waals surface area (Å²) >= 11 is 1.31. The Balaban J connectivity index is 2.01. The Morgan fingerprint density at radius 1 is 1.30 bits per heavy atom. The lowest BCUT2D eigenvalue weighted by atomic mass is 10.2. The van der Waals surface area contributed by atoms with Crippen LogP contribution in [-0.2, 0) is 16.1 Å². The van der Waals surface area contributed by atoms with Crippen molar-refractivity contribution in [2.45, 2.75) is 6.54 Å². The van der Waals surface area contributed by atoms with E-state index in [1.807, 2.05) is 30.3 Å². The molecular formula is C19H17N3O4S. The average Bonchev–Trinajstić information content (AvgIpc) is 3.01. The highest BCUT2D eigenvalue weighted by Crippen LogP contribution is 2.23. The van der Waals surface area contributed by atoms with E-state index in [0.29, 0.717) is 23.5 Å². The Kier molecular flexibility index (Phi) is 5.90. The lowest BCUT2D eigenvalue weighted by Gasteiger charge is -2.03. The molecular weight excluding hydrogens is 366 g/mol. The van der Waals surface area contributed by atoms with Crippen molar-refractivity contribution in [3.63, 3.8) is 0 Å². The highest BCUT2D eigenvalue weighted by Gasteiger charge is 2.12. The number of non-ortho nitro benzene ring substituents is 1. The van der Waals surface area contributed by atoms with Gasteiger partial charge in [-0.3, -0.25) is 14.9 Å². The van der Waals surface area contributed by atoms with Gasteiger partial charge in [0.1, 0.15) is 0 Å². The van der Waals surface area contributed by atoms with E-state index in [1.54, 1.807) is 23.8 Å². The number of rotatable bonds is 6. The Morgan fingerprint density at radius 3 is 2.78 bits per heavy atom. The normalized spacial score (nSPS) is 12.1. The molecule has 0 aliphatic carbocycles. The Labute approximate surface area is 159 Å². The van der Waals surface area contributed by atoms with E-state index in [-0.39, 0.29) is 5.69 Å². The second-order valence-corrected chi connectivity index (χ2v) is 6.64. The van der Waals surface area contributed by atoms with Gasteiger partial charge in [-0.15, -0.1) is 0 Å². The maximum absolute atomic E-state index is 12.3. The number of amides is 1. The molecule has 0 aliphatic rings. The quantitative estimate of drug-likeness (QED) is 0.371. The molecule has 0 aliphatic heterocycles. The van der Waals surface area contributed by atoms with Crippen LogP contribution in [0, 0.1) is 10.1 Å². The fraction of sp³-hybridized carbons (Fsp3) is 0.158. The van der Waals surface area contributed by atoms with Crippen LogP contribution in [0.4, 0.5) is 5.69 Å². The molecule has 0 N–H and O–H groups in total. The van der Waals surface area contributed by atoms with Crippen LogP contribution >= 0.6 is 11.3 Å². The van der Waals surface area contributed by atoms with Crippen LogP contribution in [0.3, 0.4) is 0 Å². The number of nitro benzene ring substituents is 1. The van der Waals surface area contributed by atoms with Crippen LogP contribution in [0.25, 0.3) is 16.3 Å². The first-order valence-electron chi connectivity index (χ1n) is 8.17. The Morgan fingerprint density at radius 2 is 2.07 bits per heavy atom. The fourth-order valence-electron chi connectivity index (χ4n) is 2.52. The summed E-state index contributed by atoms with van der Waals surface area (Å²) in [7, 11) is 1.57. The monoisotopic (exact) mass is 383 g/mol. The van der Waals surface area contributed by atoms with Crippen molar-refractivity contribution in [2.24, 2.45) is 4.99 Å². The number of thiazole rings is 1. The van der Waals surface area contributed by atoms with E-state index in [4.69, 9.17) is 4.74 Å². The van der Waals surface area contributed by atoms with Gasteiger partial charge in [-0.2, -0.15) is 4.99 Å². The summed E-state index contributed by atoms with van der Waals surface area (Å²) in [5.41, 5.74) is 1.55. The number of carbonyl (C=O) groups is 1. The number of nitrogens with zero attached hydrogens (tertiary/aromatic N) is 3. The average molecular weight is 383 g/mol. The molecule has 0 spiro atoms. The van der Waals surface area contributed by atoms with Crippen LogP contribution in [0.2, 0.25) is 0 Å². The van der Waals surface area contributed by atoms with Gasteiger partial charge in [-0.25, -0.2) is 0 Å². The maximum atomic E-state index is 12.3.